The molecular weight excluding hydrogens is 144 g/mol. The zero-order valence-electron chi connectivity index (χ0n) is 7.21. The number of aryl methyl sites for hydroxylation is 1. The van der Waals surface area contributed by atoms with E-state index in [4.69, 9.17) is 9.26 Å². The standard InChI is InChI=1S/C7H12N2O2/c1-5-8-6(11-9-5)7(2,3)10-4/h1-4H3. The van der Waals surface area contributed by atoms with Crippen LogP contribution in [-0.2, 0) is 10.3 Å². The highest BCUT2D eigenvalue weighted by atomic mass is 16.5. The van der Waals surface area contributed by atoms with Crippen molar-refractivity contribution in [3.63, 3.8) is 0 Å². The van der Waals surface area contributed by atoms with Gasteiger partial charge in [-0.15, -0.1) is 0 Å². The summed E-state index contributed by atoms with van der Waals surface area (Å²) < 4.78 is 10.1. The third kappa shape index (κ3) is 1.57. The maximum absolute atomic E-state index is 5.14. The highest BCUT2D eigenvalue weighted by molar-refractivity contribution is 4.93. The second-order valence-corrected chi connectivity index (χ2v) is 2.86. The van der Waals surface area contributed by atoms with Gasteiger partial charge in [-0.05, 0) is 20.8 Å². The topological polar surface area (TPSA) is 48.2 Å². The van der Waals surface area contributed by atoms with Gasteiger partial charge in [-0.25, -0.2) is 0 Å². The van der Waals surface area contributed by atoms with Crippen LogP contribution in [0, 0.1) is 6.92 Å². The SMILES string of the molecule is COC(C)(C)c1nc(C)no1. The van der Waals surface area contributed by atoms with Gasteiger partial charge in [-0.3, -0.25) is 0 Å². The Hall–Kier alpha value is -0.900. The van der Waals surface area contributed by atoms with Crippen molar-refractivity contribution in [1.82, 2.24) is 10.1 Å². The lowest BCUT2D eigenvalue weighted by Crippen LogP contribution is -2.19. The zero-order chi connectivity index (χ0) is 8.48. The Labute approximate surface area is 65.6 Å². The van der Waals surface area contributed by atoms with Gasteiger partial charge < -0.3 is 9.26 Å². The second-order valence-electron chi connectivity index (χ2n) is 2.86. The van der Waals surface area contributed by atoms with Crippen molar-refractivity contribution in [2.45, 2.75) is 26.4 Å². The van der Waals surface area contributed by atoms with E-state index >= 15 is 0 Å². The second kappa shape index (κ2) is 2.62. The fourth-order valence-corrected chi connectivity index (χ4v) is 0.629. The smallest absolute Gasteiger partial charge is 0.258 e. The van der Waals surface area contributed by atoms with Crippen molar-refractivity contribution >= 4 is 0 Å². The summed E-state index contributed by atoms with van der Waals surface area (Å²) in [6, 6.07) is 0. The molecule has 1 aromatic rings. The molecule has 4 nitrogen and oxygen atoms in total. The molecule has 0 bridgehead atoms. The Morgan fingerprint density at radius 3 is 2.45 bits per heavy atom. The Kier molecular flexibility index (Phi) is 1.95. The summed E-state index contributed by atoms with van der Waals surface area (Å²) in [6.45, 7) is 5.53. The molecule has 0 saturated heterocycles. The largest absolute Gasteiger partial charge is 0.369 e. The van der Waals surface area contributed by atoms with Crippen LogP contribution in [0.15, 0.2) is 4.52 Å². The number of hydrogen-bond acceptors (Lipinski definition) is 4. The van der Waals surface area contributed by atoms with Crippen molar-refractivity contribution in [3.8, 4) is 0 Å². The lowest BCUT2D eigenvalue weighted by atomic mass is 10.1. The maximum atomic E-state index is 5.14. The minimum Gasteiger partial charge on any atom is -0.369 e. The highest BCUT2D eigenvalue weighted by Gasteiger charge is 2.26. The third-order valence-corrected chi connectivity index (χ3v) is 1.55. The molecule has 0 aliphatic carbocycles. The lowest BCUT2D eigenvalue weighted by molar-refractivity contribution is -0.00786. The molecule has 0 atom stereocenters. The van der Waals surface area contributed by atoms with E-state index in [0.717, 1.165) is 0 Å². The van der Waals surface area contributed by atoms with Gasteiger partial charge in [0.2, 0.25) is 0 Å². The van der Waals surface area contributed by atoms with Crippen molar-refractivity contribution < 1.29 is 9.26 Å². The number of aromatic nitrogens is 2. The Balaban J connectivity index is 2.92. The predicted molar refractivity (Wildman–Crippen MR) is 39.1 cm³/mol. The van der Waals surface area contributed by atoms with Gasteiger partial charge in [-0.2, -0.15) is 4.98 Å². The molecule has 0 saturated carbocycles. The zero-order valence-corrected chi connectivity index (χ0v) is 7.21. The molecule has 1 heterocycles. The fraction of sp³-hybridized carbons (Fsp3) is 0.714. The quantitative estimate of drug-likeness (QED) is 0.646. The van der Waals surface area contributed by atoms with Crippen LogP contribution in [0.1, 0.15) is 25.6 Å². The summed E-state index contributed by atoms with van der Waals surface area (Å²) in [6.07, 6.45) is 0. The average molecular weight is 156 g/mol. The van der Waals surface area contributed by atoms with Crippen molar-refractivity contribution in [2.24, 2.45) is 0 Å². The molecule has 0 unspecified atom stereocenters. The molecule has 62 valence electrons. The van der Waals surface area contributed by atoms with E-state index in [2.05, 4.69) is 10.1 Å². The van der Waals surface area contributed by atoms with Crippen LogP contribution in [0.2, 0.25) is 0 Å². The van der Waals surface area contributed by atoms with Crippen LogP contribution < -0.4 is 0 Å². The van der Waals surface area contributed by atoms with Gasteiger partial charge in [0.15, 0.2) is 5.82 Å². The van der Waals surface area contributed by atoms with Gasteiger partial charge in [0.25, 0.3) is 5.89 Å². The molecule has 11 heavy (non-hydrogen) atoms. The van der Waals surface area contributed by atoms with Gasteiger partial charge in [0.1, 0.15) is 5.60 Å². The molecule has 1 aromatic heterocycles. The first-order valence-corrected chi connectivity index (χ1v) is 3.42. The normalized spacial score (nSPS) is 12.0. The number of rotatable bonds is 2. The maximum Gasteiger partial charge on any atom is 0.258 e. The molecule has 0 aliphatic rings. The molecule has 0 spiro atoms. The molecule has 0 aliphatic heterocycles. The van der Waals surface area contributed by atoms with Crippen LogP contribution in [-0.4, -0.2) is 17.3 Å². The first kappa shape index (κ1) is 8.20. The van der Waals surface area contributed by atoms with Crippen molar-refractivity contribution in [3.05, 3.63) is 11.7 Å². The van der Waals surface area contributed by atoms with E-state index in [9.17, 15) is 0 Å². The third-order valence-electron chi connectivity index (χ3n) is 1.55. The van der Waals surface area contributed by atoms with E-state index in [1.807, 2.05) is 13.8 Å². The molecule has 0 aromatic carbocycles. The summed E-state index contributed by atoms with van der Waals surface area (Å²) >= 11 is 0. The molecule has 0 radical (unpaired) electrons. The summed E-state index contributed by atoms with van der Waals surface area (Å²) in [5, 5.41) is 3.66. The molecular formula is C7H12N2O2. The first-order valence-electron chi connectivity index (χ1n) is 3.42. The molecule has 0 N–H and O–H groups in total. The lowest BCUT2D eigenvalue weighted by Gasteiger charge is -2.16. The molecule has 1 rings (SSSR count). The first-order chi connectivity index (χ1) is 5.06. The minimum atomic E-state index is -0.485. The van der Waals surface area contributed by atoms with Gasteiger partial charge in [0.05, 0.1) is 0 Å². The summed E-state index contributed by atoms with van der Waals surface area (Å²) in [5.41, 5.74) is -0.485. The van der Waals surface area contributed by atoms with Gasteiger partial charge in [-0.1, -0.05) is 5.16 Å². The predicted octanol–water partition coefficient (Wildman–Crippen LogP) is 1.26. The van der Waals surface area contributed by atoms with E-state index < -0.39 is 5.60 Å². The summed E-state index contributed by atoms with van der Waals surface area (Å²) in [7, 11) is 1.61. The monoisotopic (exact) mass is 156 g/mol. The summed E-state index contributed by atoms with van der Waals surface area (Å²) in [4.78, 5) is 4.05. The molecule has 0 amide bonds. The van der Waals surface area contributed by atoms with Crippen LogP contribution in [0.5, 0.6) is 0 Å². The number of hydrogen-bond donors (Lipinski definition) is 0. The van der Waals surface area contributed by atoms with Crippen molar-refractivity contribution in [1.29, 1.82) is 0 Å². The number of ether oxygens (including phenoxy) is 1. The Morgan fingerprint density at radius 2 is 2.09 bits per heavy atom. The van der Waals surface area contributed by atoms with Crippen LogP contribution in [0.25, 0.3) is 0 Å². The number of nitrogens with zero attached hydrogens (tertiary/aromatic N) is 2. The fourth-order valence-electron chi connectivity index (χ4n) is 0.629. The highest BCUT2D eigenvalue weighted by Crippen LogP contribution is 2.20. The van der Waals surface area contributed by atoms with E-state index in [-0.39, 0.29) is 0 Å². The summed E-state index contributed by atoms with van der Waals surface area (Å²) in [5.74, 6) is 1.14. The van der Waals surface area contributed by atoms with Crippen LogP contribution >= 0.6 is 0 Å². The Morgan fingerprint density at radius 1 is 1.45 bits per heavy atom. The van der Waals surface area contributed by atoms with E-state index in [1.165, 1.54) is 0 Å². The van der Waals surface area contributed by atoms with E-state index in [1.54, 1.807) is 14.0 Å². The van der Waals surface area contributed by atoms with Crippen LogP contribution in [0.4, 0.5) is 0 Å². The Bertz CT molecular complexity index is 242. The minimum absolute atomic E-state index is 0.485. The molecule has 4 heteroatoms. The van der Waals surface area contributed by atoms with Gasteiger partial charge in [0, 0.05) is 7.11 Å². The number of methoxy groups -OCH3 is 1. The van der Waals surface area contributed by atoms with E-state index in [0.29, 0.717) is 11.7 Å². The van der Waals surface area contributed by atoms with Crippen LogP contribution in [0.3, 0.4) is 0 Å². The molecule has 0 fully saturated rings. The van der Waals surface area contributed by atoms with Crippen molar-refractivity contribution in [2.75, 3.05) is 7.11 Å². The van der Waals surface area contributed by atoms with Gasteiger partial charge >= 0.3 is 0 Å². The average Bonchev–Trinajstić information content (AvgIpc) is 2.36.